The molecule has 0 aliphatic rings. The highest BCUT2D eigenvalue weighted by atomic mass is 32.1. The zero-order valence-corrected chi connectivity index (χ0v) is 18.1. The summed E-state index contributed by atoms with van der Waals surface area (Å²) in [4.78, 5) is 25.1. The van der Waals surface area contributed by atoms with Crippen LogP contribution in [0.25, 0.3) is 22.2 Å². The Balaban J connectivity index is 1.47. The largest absolute Gasteiger partial charge is 0.350 e. The molecule has 6 nitrogen and oxygen atoms in total. The van der Waals surface area contributed by atoms with Crippen LogP contribution in [0, 0.1) is 10.9 Å². The Morgan fingerprint density at radius 1 is 1.07 bits per heavy atom. The average molecular weight is 437 g/mol. The molecule has 0 atom stereocenters. The zero-order valence-electron chi connectivity index (χ0n) is 16.5. The van der Waals surface area contributed by atoms with Crippen molar-refractivity contribution >= 4 is 46.3 Å². The summed E-state index contributed by atoms with van der Waals surface area (Å²) in [5, 5.41) is 2.77. The van der Waals surface area contributed by atoms with Crippen LogP contribution in [-0.2, 0) is 18.4 Å². The molecule has 2 aromatic heterocycles. The summed E-state index contributed by atoms with van der Waals surface area (Å²) < 4.78 is 4.25. The Morgan fingerprint density at radius 2 is 1.80 bits per heavy atom. The number of carbonyl (C=O) groups excluding carboxylic acids is 2. The number of para-hydroxylation sites is 1. The van der Waals surface area contributed by atoms with Crippen LogP contribution in [0.2, 0.25) is 0 Å². The van der Waals surface area contributed by atoms with Crippen LogP contribution in [-0.4, -0.2) is 20.9 Å². The van der Waals surface area contributed by atoms with Gasteiger partial charge in [0.1, 0.15) is 6.54 Å². The third kappa shape index (κ3) is 3.92. The molecule has 2 heterocycles. The Kier molecular flexibility index (Phi) is 5.52. The van der Waals surface area contributed by atoms with E-state index in [1.165, 1.54) is 11.3 Å². The van der Waals surface area contributed by atoms with Gasteiger partial charge in [-0.25, -0.2) is 0 Å². The number of aromatic nitrogens is 2. The van der Waals surface area contributed by atoms with Gasteiger partial charge in [0.25, 0.3) is 11.8 Å². The minimum Gasteiger partial charge on any atom is -0.350 e. The van der Waals surface area contributed by atoms with Gasteiger partial charge in [-0.1, -0.05) is 48.0 Å². The predicted octanol–water partition coefficient (Wildman–Crippen LogP) is 4.21. The van der Waals surface area contributed by atoms with E-state index in [1.807, 2.05) is 72.4 Å². The number of benzene rings is 2. The lowest BCUT2D eigenvalue weighted by atomic mass is 10.1. The second-order valence-electron chi connectivity index (χ2n) is 7.01. The third-order valence-corrected chi connectivity index (χ3v) is 6.16. The van der Waals surface area contributed by atoms with Crippen molar-refractivity contribution in [2.24, 2.45) is 7.05 Å². The zero-order chi connectivity index (χ0) is 21.3. The van der Waals surface area contributed by atoms with E-state index in [1.54, 1.807) is 10.8 Å². The summed E-state index contributed by atoms with van der Waals surface area (Å²) in [6.45, 7) is 2.04. The summed E-state index contributed by atoms with van der Waals surface area (Å²) in [6, 6.07) is 15.7. The SMILES string of the molecule is Cc1ccc(-c2csc(=S)n2CC(=O)NNC(=O)c2cn(C)c3ccccc23)cc1. The lowest BCUT2D eigenvalue weighted by molar-refractivity contribution is -0.122. The highest BCUT2D eigenvalue weighted by Gasteiger charge is 2.15. The van der Waals surface area contributed by atoms with Gasteiger partial charge in [-0.2, -0.15) is 0 Å². The quantitative estimate of drug-likeness (QED) is 0.372. The second kappa shape index (κ2) is 8.25. The number of fused-ring (bicyclic) bond motifs is 1. The molecule has 4 aromatic rings. The van der Waals surface area contributed by atoms with Crippen molar-refractivity contribution < 1.29 is 9.59 Å². The number of rotatable bonds is 4. The number of hydrazine groups is 1. The van der Waals surface area contributed by atoms with Crippen molar-refractivity contribution in [2.75, 3.05) is 0 Å². The molecule has 2 N–H and O–H groups in total. The van der Waals surface area contributed by atoms with E-state index < -0.39 is 0 Å². The number of carbonyl (C=O) groups is 2. The van der Waals surface area contributed by atoms with Crippen molar-refractivity contribution in [3.8, 4) is 11.3 Å². The van der Waals surface area contributed by atoms with Gasteiger partial charge < -0.3 is 9.13 Å². The molecule has 0 saturated carbocycles. The minimum absolute atomic E-state index is 0.0152. The molecular weight excluding hydrogens is 416 g/mol. The topological polar surface area (TPSA) is 68.1 Å². The Labute approximate surface area is 182 Å². The first-order chi connectivity index (χ1) is 14.4. The van der Waals surface area contributed by atoms with E-state index in [0.29, 0.717) is 9.52 Å². The van der Waals surface area contributed by atoms with E-state index in [4.69, 9.17) is 12.2 Å². The van der Waals surface area contributed by atoms with Crippen LogP contribution in [0.4, 0.5) is 0 Å². The van der Waals surface area contributed by atoms with Crippen LogP contribution < -0.4 is 10.9 Å². The highest BCUT2D eigenvalue weighted by molar-refractivity contribution is 7.73. The summed E-state index contributed by atoms with van der Waals surface area (Å²) >= 11 is 6.80. The number of thiazole rings is 1. The monoisotopic (exact) mass is 436 g/mol. The predicted molar refractivity (Wildman–Crippen MR) is 122 cm³/mol. The lowest BCUT2D eigenvalue weighted by Crippen LogP contribution is -2.43. The number of nitrogens with zero attached hydrogens (tertiary/aromatic N) is 2. The van der Waals surface area contributed by atoms with Crippen molar-refractivity contribution in [1.82, 2.24) is 20.0 Å². The molecule has 8 heteroatoms. The molecule has 2 amide bonds. The number of hydrogen-bond acceptors (Lipinski definition) is 4. The van der Waals surface area contributed by atoms with Crippen molar-refractivity contribution in [3.63, 3.8) is 0 Å². The van der Waals surface area contributed by atoms with Gasteiger partial charge in [0.2, 0.25) is 0 Å². The molecule has 4 rings (SSSR count). The van der Waals surface area contributed by atoms with Crippen LogP contribution in [0.3, 0.4) is 0 Å². The first kappa shape index (κ1) is 20.1. The van der Waals surface area contributed by atoms with E-state index in [2.05, 4.69) is 10.9 Å². The molecule has 0 aliphatic carbocycles. The van der Waals surface area contributed by atoms with E-state index in [-0.39, 0.29) is 18.4 Å². The van der Waals surface area contributed by atoms with E-state index in [9.17, 15) is 9.59 Å². The van der Waals surface area contributed by atoms with Crippen molar-refractivity contribution in [1.29, 1.82) is 0 Å². The number of hydrogen-bond donors (Lipinski definition) is 2. The highest BCUT2D eigenvalue weighted by Crippen LogP contribution is 2.24. The van der Waals surface area contributed by atoms with Gasteiger partial charge in [-0.05, 0) is 30.8 Å². The van der Waals surface area contributed by atoms with Gasteiger partial charge in [-0.3, -0.25) is 20.4 Å². The van der Waals surface area contributed by atoms with Crippen LogP contribution in [0.1, 0.15) is 15.9 Å². The molecular formula is C22H20N4O2S2. The fourth-order valence-corrected chi connectivity index (χ4v) is 4.40. The van der Waals surface area contributed by atoms with Gasteiger partial charge in [0, 0.05) is 29.5 Å². The Morgan fingerprint density at radius 3 is 2.57 bits per heavy atom. The molecule has 0 radical (unpaired) electrons. The van der Waals surface area contributed by atoms with Crippen LogP contribution in [0.15, 0.2) is 60.1 Å². The molecule has 0 fully saturated rings. The average Bonchev–Trinajstić information content (AvgIpc) is 3.27. The van der Waals surface area contributed by atoms with E-state index >= 15 is 0 Å². The first-order valence-corrected chi connectivity index (χ1v) is 10.6. The van der Waals surface area contributed by atoms with Gasteiger partial charge in [-0.15, -0.1) is 11.3 Å². The summed E-state index contributed by atoms with van der Waals surface area (Å²) in [6.07, 6.45) is 1.75. The molecule has 0 bridgehead atoms. The van der Waals surface area contributed by atoms with Crippen molar-refractivity contribution in [2.45, 2.75) is 13.5 Å². The molecule has 30 heavy (non-hydrogen) atoms. The Bertz CT molecular complexity index is 1300. The summed E-state index contributed by atoms with van der Waals surface area (Å²) in [5.74, 6) is -0.723. The van der Waals surface area contributed by atoms with Crippen LogP contribution >= 0.6 is 23.6 Å². The standard InChI is InChI=1S/C22H20N4O2S2/c1-14-7-9-15(10-8-14)19-13-30-22(29)26(19)12-20(27)23-24-21(28)17-11-25(2)18-6-4-3-5-16(17)18/h3-11,13H,12H2,1-2H3,(H,23,27)(H,24,28). The molecule has 0 unspecified atom stereocenters. The van der Waals surface area contributed by atoms with Gasteiger partial charge >= 0.3 is 0 Å². The molecule has 0 spiro atoms. The van der Waals surface area contributed by atoms with Crippen molar-refractivity contribution in [3.05, 3.63) is 75.2 Å². The normalized spacial score (nSPS) is 10.9. The van der Waals surface area contributed by atoms with Crippen LogP contribution in [0.5, 0.6) is 0 Å². The minimum atomic E-state index is -0.368. The van der Waals surface area contributed by atoms with Gasteiger partial charge in [0.15, 0.2) is 3.95 Å². The fourth-order valence-electron chi connectivity index (χ4n) is 3.33. The molecule has 152 valence electrons. The Hall–Kier alpha value is -3.23. The maximum atomic E-state index is 12.6. The van der Waals surface area contributed by atoms with Gasteiger partial charge in [0.05, 0.1) is 11.3 Å². The number of aryl methyl sites for hydroxylation is 2. The molecule has 2 aromatic carbocycles. The molecule has 0 aliphatic heterocycles. The molecule has 0 saturated heterocycles. The smallest absolute Gasteiger partial charge is 0.271 e. The number of nitrogens with one attached hydrogen (secondary N) is 2. The summed E-state index contributed by atoms with van der Waals surface area (Å²) in [7, 11) is 1.88. The summed E-state index contributed by atoms with van der Waals surface area (Å²) in [5.41, 5.74) is 9.47. The van der Waals surface area contributed by atoms with E-state index in [0.717, 1.165) is 27.7 Å². The number of amides is 2. The third-order valence-electron chi connectivity index (χ3n) is 4.89. The second-order valence-corrected chi connectivity index (χ2v) is 8.52. The maximum absolute atomic E-state index is 12.6. The fraction of sp³-hybridized carbons (Fsp3) is 0.136. The lowest BCUT2D eigenvalue weighted by Gasteiger charge is -2.10. The maximum Gasteiger partial charge on any atom is 0.271 e. The first-order valence-electron chi connectivity index (χ1n) is 9.32.